The van der Waals surface area contributed by atoms with E-state index in [2.05, 4.69) is 26.6 Å². The van der Waals surface area contributed by atoms with E-state index in [1.54, 1.807) is 6.92 Å². The van der Waals surface area contributed by atoms with Crippen molar-refractivity contribution >= 4 is 22.0 Å². The first-order valence-electron chi connectivity index (χ1n) is 6.20. The van der Waals surface area contributed by atoms with Gasteiger partial charge >= 0.3 is 6.03 Å². The summed E-state index contributed by atoms with van der Waals surface area (Å²) < 4.78 is 6.51. The number of fused-ring (bicyclic) bond motifs is 1. The van der Waals surface area contributed by atoms with E-state index in [4.69, 9.17) is 9.84 Å². The van der Waals surface area contributed by atoms with Crippen LogP contribution in [-0.2, 0) is 0 Å². The van der Waals surface area contributed by atoms with Crippen molar-refractivity contribution in [2.45, 2.75) is 25.4 Å². The third kappa shape index (κ3) is 3.61. The number of ether oxygens (including phenoxy) is 1. The number of nitrogens with one attached hydrogen (secondary N) is 2. The highest BCUT2D eigenvalue weighted by Crippen LogP contribution is 2.33. The van der Waals surface area contributed by atoms with E-state index in [0.717, 1.165) is 22.2 Å². The molecule has 1 heterocycles. The van der Waals surface area contributed by atoms with E-state index in [1.165, 1.54) is 0 Å². The molecule has 1 aliphatic rings. The Bertz CT molecular complexity index is 467. The number of urea groups is 1. The number of hydrogen-bond acceptors (Lipinski definition) is 3. The quantitative estimate of drug-likeness (QED) is 0.794. The van der Waals surface area contributed by atoms with E-state index in [0.29, 0.717) is 6.61 Å². The highest BCUT2D eigenvalue weighted by molar-refractivity contribution is 9.10. The van der Waals surface area contributed by atoms with Gasteiger partial charge in [-0.3, -0.25) is 0 Å². The highest BCUT2D eigenvalue weighted by Gasteiger charge is 2.23. The lowest BCUT2D eigenvalue weighted by atomic mass is 10.0. The number of carbonyl (C=O) groups excluding carboxylic acids is 1. The maximum Gasteiger partial charge on any atom is 0.315 e. The molecule has 2 amide bonds. The van der Waals surface area contributed by atoms with Crippen LogP contribution in [0.5, 0.6) is 5.75 Å². The number of amides is 2. The molecule has 1 aromatic rings. The fraction of sp³-hybridized carbons (Fsp3) is 0.462. The van der Waals surface area contributed by atoms with Crippen LogP contribution in [0.1, 0.15) is 24.9 Å². The Morgan fingerprint density at radius 3 is 3.16 bits per heavy atom. The smallest absolute Gasteiger partial charge is 0.315 e. The molecule has 6 heteroatoms. The van der Waals surface area contributed by atoms with Crippen LogP contribution in [0.25, 0.3) is 0 Å². The van der Waals surface area contributed by atoms with Crippen molar-refractivity contribution in [3.63, 3.8) is 0 Å². The Morgan fingerprint density at radius 1 is 1.63 bits per heavy atom. The summed E-state index contributed by atoms with van der Waals surface area (Å²) in [6.45, 7) is 2.24. The fourth-order valence-electron chi connectivity index (χ4n) is 1.98. The number of halogens is 1. The van der Waals surface area contributed by atoms with Crippen molar-refractivity contribution in [3.05, 3.63) is 28.2 Å². The molecule has 0 radical (unpaired) electrons. The van der Waals surface area contributed by atoms with Crippen molar-refractivity contribution in [3.8, 4) is 5.75 Å². The highest BCUT2D eigenvalue weighted by atomic mass is 79.9. The molecule has 0 saturated heterocycles. The lowest BCUT2D eigenvalue weighted by Gasteiger charge is -2.27. The van der Waals surface area contributed by atoms with E-state index >= 15 is 0 Å². The Labute approximate surface area is 120 Å². The van der Waals surface area contributed by atoms with E-state index in [9.17, 15) is 4.79 Å². The number of hydrogen-bond donors (Lipinski definition) is 3. The molecule has 0 aliphatic carbocycles. The molecule has 1 aliphatic heterocycles. The van der Waals surface area contributed by atoms with Crippen LogP contribution >= 0.6 is 15.9 Å². The van der Waals surface area contributed by atoms with Crippen molar-refractivity contribution in [2.24, 2.45) is 0 Å². The first-order valence-corrected chi connectivity index (χ1v) is 6.99. The number of rotatable bonds is 3. The molecule has 0 bridgehead atoms. The van der Waals surface area contributed by atoms with Crippen molar-refractivity contribution in [1.29, 1.82) is 0 Å². The summed E-state index contributed by atoms with van der Waals surface area (Å²) in [5.41, 5.74) is 0.965. The monoisotopic (exact) mass is 328 g/mol. The van der Waals surface area contributed by atoms with Crippen LogP contribution in [0.4, 0.5) is 4.79 Å². The summed E-state index contributed by atoms with van der Waals surface area (Å²) in [4.78, 5) is 11.8. The zero-order chi connectivity index (χ0) is 13.8. The lowest BCUT2D eigenvalue weighted by Crippen LogP contribution is -2.44. The second-order valence-corrected chi connectivity index (χ2v) is 5.49. The molecule has 0 aromatic heterocycles. The topological polar surface area (TPSA) is 70.6 Å². The van der Waals surface area contributed by atoms with Gasteiger partial charge in [-0.1, -0.05) is 15.9 Å². The Kier molecular flexibility index (Phi) is 4.66. The van der Waals surface area contributed by atoms with Crippen LogP contribution in [-0.4, -0.2) is 30.4 Å². The van der Waals surface area contributed by atoms with Crippen LogP contribution < -0.4 is 15.4 Å². The molecule has 19 heavy (non-hydrogen) atoms. The Hall–Kier alpha value is -1.27. The summed E-state index contributed by atoms with van der Waals surface area (Å²) in [5.74, 6) is 0.801. The number of aliphatic hydroxyl groups is 1. The minimum atomic E-state index is -0.278. The lowest BCUT2D eigenvalue weighted by molar-refractivity contribution is 0.209. The van der Waals surface area contributed by atoms with Crippen LogP contribution in [0, 0.1) is 0 Å². The average molecular weight is 329 g/mol. The normalized spacial score (nSPS) is 19.0. The molecule has 1 aromatic carbocycles. The van der Waals surface area contributed by atoms with Gasteiger partial charge in [0.1, 0.15) is 5.75 Å². The number of benzene rings is 1. The number of carbonyl (C=O) groups is 1. The molecule has 2 unspecified atom stereocenters. The molecular weight excluding hydrogens is 312 g/mol. The molecule has 2 rings (SSSR count). The molecule has 104 valence electrons. The van der Waals surface area contributed by atoms with Gasteiger partial charge in [0.15, 0.2) is 0 Å². The van der Waals surface area contributed by atoms with Gasteiger partial charge in [0.25, 0.3) is 0 Å². The predicted octanol–water partition coefficient (Wildman–Crippen LogP) is 1.95. The minimum Gasteiger partial charge on any atom is -0.493 e. The Balaban J connectivity index is 2.07. The van der Waals surface area contributed by atoms with E-state index in [-0.39, 0.29) is 24.7 Å². The van der Waals surface area contributed by atoms with Gasteiger partial charge in [-0.25, -0.2) is 4.79 Å². The predicted molar refractivity (Wildman–Crippen MR) is 75.2 cm³/mol. The van der Waals surface area contributed by atoms with Crippen LogP contribution in [0.3, 0.4) is 0 Å². The maximum absolute atomic E-state index is 11.8. The van der Waals surface area contributed by atoms with Gasteiger partial charge < -0.3 is 20.5 Å². The SMILES string of the molecule is CC(CO)NC(=O)NC1CCOc2ccc(Br)cc21. The van der Waals surface area contributed by atoms with Gasteiger partial charge in [0.2, 0.25) is 0 Å². The van der Waals surface area contributed by atoms with Crippen molar-refractivity contribution < 1.29 is 14.6 Å². The van der Waals surface area contributed by atoms with Gasteiger partial charge in [-0.05, 0) is 25.1 Å². The summed E-state index contributed by atoms with van der Waals surface area (Å²) in [6.07, 6.45) is 0.727. The van der Waals surface area contributed by atoms with E-state index < -0.39 is 0 Å². The first-order chi connectivity index (χ1) is 9.10. The average Bonchev–Trinajstić information content (AvgIpc) is 2.39. The summed E-state index contributed by atoms with van der Waals surface area (Å²) in [6, 6.07) is 5.14. The van der Waals surface area contributed by atoms with Gasteiger partial charge in [-0.2, -0.15) is 0 Å². The largest absolute Gasteiger partial charge is 0.493 e. The molecule has 0 spiro atoms. The summed E-state index contributed by atoms with van der Waals surface area (Å²) >= 11 is 3.42. The third-order valence-electron chi connectivity index (χ3n) is 2.97. The molecule has 3 N–H and O–H groups in total. The first kappa shape index (κ1) is 14.1. The van der Waals surface area contributed by atoms with Crippen molar-refractivity contribution in [1.82, 2.24) is 10.6 Å². The summed E-state index contributed by atoms with van der Waals surface area (Å²) in [7, 11) is 0. The second kappa shape index (κ2) is 6.25. The fourth-order valence-corrected chi connectivity index (χ4v) is 2.36. The van der Waals surface area contributed by atoms with Crippen LogP contribution in [0.15, 0.2) is 22.7 Å². The molecular formula is C13H17BrN2O3. The van der Waals surface area contributed by atoms with Crippen LogP contribution in [0.2, 0.25) is 0 Å². The van der Waals surface area contributed by atoms with Gasteiger partial charge in [0.05, 0.1) is 25.3 Å². The number of aliphatic hydroxyl groups excluding tert-OH is 1. The molecule has 0 fully saturated rings. The van der Waals surface area contributed by atoms with E-state index in [1.807, 2.05) is 18.2 Å². The maximum atomic E-state index is 11.8. The van der Waals surface area contributed by atoms with Crippen molar-refractivity contribution in [2.75, 3.05) is 13.2 Å². The molecule has 2 atom stereocenters. The molecule has 5 nitrogen and oxygen atoms in total. The molecule has 0 saturated carbocycles. The minimum absolute atomic E-state index is 0.0767. The standard InChI is InChI=1S/C13H17BrN2O3/c1-8(7-17)15-13(18)16-11-4-5-19-12-3-2-9(14)6-10(11)12/h2-3,6,8,11,17H,4-5,7H2,1H3,(H2,15,16,18). The van der Waals surface area contributed by atoms with Gasteiger partial charge in [0, 0.05) is 16.5 Å². The Morgan fingerprint density at radius 2 is 2.42 bits per heavy atom. The van der Waals surface area contributed by atoms with Gasteiger partial charge in [-0.15, -0.1) is 0 Å². The second-order valence-electron chi connectivity index (χ2n) is 4.57. The zero-order valence-electron chi connectivity index (χ0n) is 10.6. The third-order valence-corrected chi connectivity index (χ3v) is 3.46. The summed E-state index contributed by atoms with van der Waals surface area (Å²) in [5, 5.41) is 14.5. The zero-order valence-corrected chi connectivity index (χ0v) is 12.2.